The standard InChI is InChI=1S/C14H22N2O2/c1-4-18-13-7-5-12(6-8-13)9-10-16(3)14(17)11-15-2/h5-8,15H,4,9-11H2,1-3H3. The Hall–Kier alpha value is -1.55. The molecule has 4 nitrogen and oxygen atoms in total. The number of likely N-dealkylation sites (N-methyl/N-ethyl adjacent to an activating group) is 2. The smallest absolute Gasteiger partial charge is 0.236 e. The Morgan fingerprint density at radius 2 is 2.00 bits per heavy atom. The fraction of sp³-hybridized carbons (Fsp3) is 0.500. The number of hydrogen-bond acceptors (Lipinski definition) is 3. The van der Waals surface area contributed by atoms with E-state index in [-0.39, 0.29) is 5.91 Å². The zero-order valence-corrected chi connectivity index (χ0v) is 11.4. The molecule has 0 fully saturated rings. The first-order valence-electron chi connectivity index (χ1n) is 6.27. The SMILES string of the molecule is CCOc1ccc(CCN(C)C(=O)CNC)cc1. The molecule has 100 valence electrons. The van der Waals surface area contributed by atoms with Gasteiger partial charge in [0.25, 0.3) is 0 Å². The topological polar surface area (TPSA) is 41.6 Å². The van der Waals surface area contributed by atoms with E-state index in [1.54, 1.807) is 11.9 Å². The summed E-state index contributed by atoms with van der Waals surface area (Å²) in [6, 6.07) is 8.02. The van der Waals surface area contributed by atoms with E-state index in [0.717, 1.165) is 18.7 Å². The predicted octanol–water partition coefficient (Wildman–Crippen LogP) is 1.31. The van der Waals surface area contributed by atoms with E-state index in [1.807, 2.05) is 38.2 Å². The fourth-order valence-electron chi connectivity index (χ4n) is 1.63. The normalized spacial score (nSPS) is 10.2. The van der Waals surface area contributed by atoms with Crippen LogP contribution in [0.25, 0.3) is 0 Å². The van der Waals surface area contributed by atoms with Gasteiger partial charge in [-0.25, -0.2) is 0 Å². The number of nitrogens with one attached hydrogen (secondary N) is 1. The van der Waals surface area contributed by atoms with Gasteiger partial charge >= 0.3 is 0 Å². The fourth-order valence-corrected chi connectivity index (χ4v) is 1.63. The Morgan fingerprint density at radius 3 is 2.56 bits per heavy atom. The molecule has 0 radical (unpaired) electrons. The summed E-state index contributed by atoms with van der Waals surface area (Å²) in [5.74, 6) is 1.00. The average Bonchev–Trinajstić information content (AvgIpc) is 2.38. The number of carbonyl (C=O) groups excluding carboxylic acids is 1. The third-order valence-electron chi connectivity index (χ3n) is 2.72. The van der Waals surface area contributed by atoms with Crippen LogP contribution in [0.1, 0.15) is 12.5 Å². The number of ether oxygens (including phenoxy) is 1. The van der Waals surface area contributed by atoms with Crippen LogP contribution in [0.5, 0.6) is 5.75 Å². The minimum Gasteiger partial charge on any atom is -0.494 e. The minimum atomic E-state index is 0.114. The molecule has 0 bridgehead atoms. The van der Waals surface area contributed by atoms with Crippen LogP contribution in [-0.2, 0) is 11.2 Å². The molecule has 1 amide bonds. The molecule has 0 spiro atoms. The van der Waals surface area contributed by atoms with Crippen LogP contribution in [0, 0.1) is 0 Å². The molecule has 0 aliphatic rings. The summed E-state index contributed by atoms with van der Waals surface area (Å²) in [5.41, 5.74) is 1.21. The summed E-state index contributed by atoms with van der Waals surface area (Å²) in [6.45, 7) is 3.77. The molecule has 1 rings (SSSR count). The summed E-state index contributed by atoms with van der Waals surface area (Å²) >= 11 is 0. The van der Waals surface area contributed by atoms with Crippen molar-refractivity contribution in [1.82, 2.24) is 10.2 Å². The molecule has 1 aromatic rings. The van der Waals surface area contributed by atoms with E-state index in [2.05, 4.69) is 5.32 Å². The van der Waals surface area contributed by atoms with Crippen molar-refractivity contribution in [3.63, 3.8) is 0 Å². The third kappa shape index (κ3) is 4.75. The molecule has 0 saturated heterocycles. The molecule has 18 heavy (non-hydrogen) atoms. The van der Waals surface area contributed by atoms with Crippen LogP contribution in [0.3, 0.4) is 0 Å². The Labute approximate surface area is 109 Å². The highest BCUT2D eigenvalue weighted by molar-refractivity contribution is 5.77. The predicted molar refractivity (Wildman–Crippen MR) is 72.9 cm³/mol. The van der Waals surface area contributed by atoms with Gasteiger partial charge in [-0.15, -0.1) is 0 Å². The van der Waals surface area contributed by atoms with Gasteiger partial charge in [-0.05, 0) is 38.1 Å². The maximum Gasteiger partial charge on any atom is 0.236 e. The number of rotatable bonds is 7. The first-order valence-corrected chi connectivity index (χ1v) is 6.27. The van der Waals surface area contributed by atoms with Crippen molar-refractivity contribution in [3.05, 3.63) is 29.8 Å². The van der Waals surface area contributed by atoms with Crippen LogP contribution in [0.2, 0.25) is 0 Å². The van der Waals surface area contributed by atoms with E-state index < -0.39 is 0 Å². The second-order valence-corrected chi connectivity index (χ2v) is 4.17. The Bertz CT molecular complexity index is 363. The van der Waals surface area contributed by atoms with Crippen LogP contribution in [-0.4, -0.2) is 44.6 Å². The Morgan fingerprint density at radius 1 is 1.33 bits per heavy atom. The monoisotopic (exact) mass is 250 g/mol. The van der Waals surface area contributed by atoms with Gasteiger partial charge in [-0.1, -0.05) is 12.1 Å². The largest absolute Gasteiger partial charge is 0.494 e. The van der Waals surface area contributed by atoms with Crippen LogP contribution >= 0.6 is 0 Å². The minimum absolute atomic E-state index is 0.114. The number of amides is 1. The maximum atomic E-state index is 11.5. The van der Waals surface area contributed by atoms with Crippen molar-refractivity contribution in [3.8, 4) is 5.75 Å². The number of carbonyl (C=O) groups is 1. The first-order chi connectivity index (χ1) is 8.67. The second-order valence-electron chi connectivity index (χ2n) is 4.17. The van der Waals surface area contributed by atoms with Crippen molar-refractivity contribution in [2.75, 3.05) is 33.8 Å². The molecule has 0 aromatic heterocycles. The first kappa shape index (κ1) is 14.5. The van der Waals surface area contributed by atoms with Crippen molar-refractivity contribution in [2.45, 2.75) is 13.3 Å². The van der Waals surface area contributed by atoms with Crippen LogP contribution in [0.15, 0.2) is 24.3 Å². The number of nitrogens with zero attached hydrogens (tertiary/aromatic N) is 1. The average molecular weight is 250 g/mol. The van der Waals surface area contributed by atoms with Gasteiger partial charge in [0.05, 0.1) is 13.2 Å². The summed E-state index contributed by atoms with van der Waals surface area (Å²) in [6.07, 6.45) is 0.859. The number of benzene rings is 1. The van der Waals surface area contributed by atoms with Gasteiger partial charge in [-0.2, -0.15) is 0 Å². The molecule has 1 N–H and O–H groups in total. The van der Waals surface area contributed by atoms with Gasteiger partial charge in [0, 0.05) is 13.6 Å². The zero-order valence-electron chi connectivity index (χ0n) is 11.4. The lowest BCUT2D eigenvalue weighted by atomic mass is 10.1. The number of hydrogen-bond donors (Lipinski definition) is 1. The van der Waals surface area contributed by atoms with E-state index in [0.29, 0.717) is 13.2 Å². The van der Waals surface area contributed by atoms with E-state index in [1.165, 1.54) is 5.56 Å². The molecule has 0 aliphatic heterocycles. The molecule has 0 heterocycles. The van der Waals surface area contributed by atoms with E-state index in [9.17, 15) is 4.79 Å². The van der Waals surface area contributed by atoms with E-state index >= 15 is 0 Å². The summed E-state index contributed by atoms with van der Waals surface area (Å²) in [4.78, 5) is 13.3. The molecule has 0 saturated carbocycles. The van der Waals surface area contributed by atoms with Crippen molar-refractivity contribution in [1.29, 1.82) is 0 Å². The molecule has 4 heteroatoms. The summed E-state index contributed by atoms with van der Waals surface area (Å²) in [5, 5.41) is 2.86. The third-order valence-corrected chi connectivity index (χ3v) is 2.72. The van der Waals surface area contributed by atoms with Gasteiger partial charge in [0.1, 0.15) is 5.75 Å². The lowest BCUT2D eigenvalue weighted by Gasteiger charge is -2.17. The van der Waals surface area contributed by atoms with E-state index in [4.69, 9.17) is 4.74 Å². The lowest BCUT2D eigenvalue weighted by molar-refractivity contribution is -0.128. The van der Waals surface area contributed by atoms with Crippen molar-refractivity contribution >= 4 is 5.91 Å². The maximum absolute atomic E-state index is 11.5. The molecule has 0 atom stereocenters. The zero-order chi connectivity index (χ0) is 13.4. The highest BCUT2D eigenvalue weighted by atomic mass is 16.5. The van der Waals surface area contributed by atoms with Gasteiger partial charge in [0.2, 0.25) is 5.91 Å². The van der Waals surface area contributed by atoms with Gasteiger partial charge < -0.3 is 15.0 Å². The molecular weight excluding hydrogens is 228 g/mol. The lowest BCUT2D eigenvalue weighted by Crippen LogP contribution is -2.35. The molecular formula is C14H22N2O2. The molecule has 0 unspecified atom stereocenters. The molecule has 0 aliphatic carbocycles. The summed E-state index contributed by atoms with van der Waals surface area (Å²) < 4.78 is 5.38. The van der Waals surface area contributed by atoms with Crippen molar-refractivity contribution < 1.29 is 9.53 Å². The highest BCUT2D eigenvalue weighted by Crippen LogP contribution is 2.12. The van der Waals surface area contributed by atoms with Crippen LogP contribution < -0.4 is 10.1 Å². The molecule has 1 aromatic carbocycles. The van der Waals surface area contributed by atoms with Gasteiger partial charge in [0.15, 0.2) is 0 Å². The highest BCUT2D eigenvalue weighted by Gasteiger charge is 2.06. The summed E-state index contributed by atoms with van der Waals surface area (Å²) in [7, 11) is 3.60. The quantitative estimate of drug-likeness (QED) is 0.793. The Kier molecular flexibility index (Phi) is 6.22. The second kappa shape index (κ2) is 7.71. The van der Waals surface area contributed by atoms with Crippen LogP contribution in [0.4, 0.5) is 0 Å². The Balaban J connectivity index is 2.41. The van der Waals surface area contributed by atoms with Gasteiger partial charge in [-0.3, -0.25) is 4.79 Å². The van der Waals surface area contributed by atoms with Crippen molar-refractivity contribution in [2.24, 2.45) is 0 Å².